The molecule has 0 aromatic carbocycles. The molecule has 0 N–H and O–H groups in total. The molecule has 4 rings (SSSR count). The molecule has 3 fully saturated rings. The Kier molecular flexibility index (Phi) is 4.88. The number of hydrogen-bond acceptors (Lipinski definition) is 4. The molecule has 6 nitrogen and oxygen atoms in total. The summed E-state index contributed by atoms with van der Waals surface area (Å²) in [4.78, 5) is 34.0. The molecule has 0 radical (unpaired) electrons. The highest BCUT2D eigenvalue weighted by atomic mass is 35.5. The third-order valence-corrected chi connectivity index (χ3v) is 6.20. The van der Waals surface area contributed by atoms with Gasteiger partial charge in [0.2, 0.25) is 5.91 Å². The zero-order chi connectivity index (χ0) is 18.1. The van der Waals surface area contributed by atoms with Gasteiger partial charge in [-0.3, -0.25) is 14.6 Å². The van der Waals surface area contributed by atoms with Crippen LogP contribution in [0.25, 0.3) is 0 Å². The first-order valence-corrected chi connectivity index (χ1v) is 9.75. The van der Waals surface area contributed by atoms with Crippen molar-refractivity contribution >= 4 is 23.4 Å². The van der Waals surface area contributed by atoms with E-state index in [9.17, 15) is 9.59 Å². The van der Waals surface area contributed by atoms with Crippen molar-refractivity contribution in [1.82, 2.24) is 14.8 Å². The van der Waals surface area contributed by atoms with Crippen LogP contribution in [0.2, 0.25) is 5.02 Å². The summed E-state index contributed by atoms with van der Waals surface area (Å²) in [5.41, 5.74) is 0.0668. The molecule has 140 valence electrons. The predicted molar refractivity (Wildman–Crippen MR) is 97.0 cm³/mol. The van der Waals surface area contributed by atoms with E-state index in [1.54, 1.807) is 11.0 Å². The van der Waals surface area contributed by atoms with E-state index >= 15 is 0 Å². The van der Waals surface area contributed by atoms with Gasteiger partial charge in [0.05, 0.1) is 16.0 Å². The summed E-state index contributed by atoms with van der Waals surface area (Å²) in [6.07, 6.45) is 7.49. The summed E-state index contributed by atoms with van der Waals surface area (Å²) in [6.45, 7) is 3.40. The normalized spacial score (nSPS) is 27.3. The number of pyridine rings is 1. The summed E-state index contributed by atoms with van der Waals surface area (Å²) in [6, 6.07) is 1.93. The second kappa shape index (κ2) is 7.16. The Morgan fingerprint density at radius 3 is 2.81 bits per heavy atom. The number of hydrogen-bond donors (Lipinski definition) is 0. The van der Waals surface area contributed by atoms with Crippen LogP contribution in [-0.2, 0) is 9.53 Å². The van der Waals surface area contributed by atoms with Crippen LogP contribution in [0.1, 0.15) is 42.5 Å². The maximum atomic E-state index is 13.3. The zero-order valence-corrected chi connectivity index (χ0v) is 15.6. The van der Waals surface area contributed by atoms with Crippen LogP contribution >= 0.6 is 11.6 Å². The lowest BCUT2D eigenvalue weighted by Crippen LogP contribution is -2.55. The van der Waals surface area contributed by atoms with Crippen LogP contribution in [-0.4, -0.2) is 65.5 Å². The van der Waals surface area contributed by atoms with Gasteiger partial charge in [-0.05, 0) is 38.2 Å². The highest BCUT2D eigenvalue weighted by Gasteiger charge is 2.50. The van der Waals surface area contributed by atoms with Crippen molar-refractivity contribution in [3.63, 3.8) is 0 Å². The average Bonchev–Trinajstić information content (AvgIpc) is 3.09. The number of carbonyl (C=O) groups excluding carboxylic acids is 2. The van der Waals surface area contributed by atoms with Crippen molar-refractivity contribution in [3.05, 3.63) is 29.0 Å². The fourth-order valence-electron chi connectivity index (χ4n) is 4.58. The van der Waals surface area contributed by atoms with Crippen molar-refractivity contribution in [2.45, 2.75) is 38.1 Å². The van der Waals surface area contributed by atoms with E-state index in [0.717, 1.165) is 51.9 Å². The molecule has 1 spiro atoms. The maximum absolute atomic E-state index is 13.3. The van der Waals surface area contributed by atoms with Gasteiger partial charge in [0.25, 0.3) is 5.91 Å². The molecule has 0 bridgehead atoms. The molecule has 1 aromatic heterocycles. The minimum Gasteiger partial charge on any atom is -0.381 e. The van der Waals surface area contributed by atoms with Crippen LogP contribution in [0.3, 0.4) is 0 Å². The minimum absolute atomic E-state index is 0.0899. The summed E-state index contributed by atoms with van der Waals surface area (Å²) >= 11 is 5.96. The Bertz CT molecular complexity index is 707. The number of rotatable bonds is 2. The first-order chi connectivity index (χ1) is 12.6. The molecular weight excluding hydrogens is 354 g/mol. The van der Waals surface area contributed by atoms with Gasteiger partial charge in [0, 0.05) is 51.3 Å². The monoisotopic (exact) mass is 377 g/mol. The molecule has 3 saturated heterocycles. The highest BCUT2D eigenvalue weighted by Crippen LogP contribution is 2.41. The van der Waals surface area contributed by atoms with E-state index in [0.29, 0.717) is 23.7 Å². The van der Waals surface area contributed by atoms with Crippen molar-refractivity contribution in [2.75, 3.05) is 32.8 Å². The third kappa shape index (κ3) is 3.21. The summed E-state index contributed by atoms with van der Waals surface area (Å²) < 4.78 is 5.44. The van der Waals surface area contributed by atoms with Crippen molar-refractivity contribution in [2.24, 2.45) is 5.41 Å². The minimum atomic E-state index is -0.418. The number of nitrogens with zero attached hydrogens (tertiary/aromatic N) is 3. The van der Waals surface area contributed by atoms with E-state index in [1.165, 1.54) is 12.4 Å². The first kappa shape index (κ1) is 17.7. The van der Waals surface area contributed by atoms with Crippen LogP contribution in [0, 0.1) is 5.41 Å². The number of amides is 2. The van der Waals surface area contributed by atoms with Crippen LogP contribution in [0.5, 0.6) is 0 Å². The number of aromatic nitrogens is 1. The Balaban J connectivity index is 1.49. The predicted octanol–water partition coefficient (Wildman–Crippen LogP) is 2.37. The van der Waals surface area contributed by atoms with Gasteiger partial charge < -0.3 is 14.5 Å². The maximum Gasteiger partial charge on any atom is 0.255 e. The van der Waals surface area contributed by atoms with Gasteiger partial charge in [0.15, 0.2) is 0 Å². The largest absolute Gasteiger partial charge is 0.381 e. The number of halogens is 1. The molecule has 3 aliphatic heterocycles. The number of carbonyl (C=O) groups is 2. The molecule has 1 aromatic rings. The Hall–Kier alpha value is -1.66. The van der Waals surface area contributed by atoms with Gasteiger partial charge in [-0.2, -0.15) is 0 Å². The molecule has 7 heteroatoms. The fraction of sp³-hybridized carbons (Fsp3) is 0.632. The smallest absolute Gasteiger partial charge is 0.255 e. The van der Waals surface area contributed by atoms with Crippen molar-refractivity contribution in [1.29, 1.82) is 0 Å². The first-order valence-electron chi connectivity index (χ1n) is 9.38. The molecule has 2 amide bonds. The van der Waals surface area contributed by atoms with Gasteiger partial charge in [-0.25, -0.2) is 0 Å². The second-order valence-electron chi connectivity index (χ2n) is 7.59. The van der Waals surface area contributed by atoms with Gasteiger partial charge in [-0.15, -0.1) is 0 Å². The lowest BCUT2D eigenvalue weighted by Gasteiger charge is -2.44. The van der Waals surface area contributed by atoms with E-state index in [-0.39, 0.29) is 17.9 Å². The molecule has 26 heavy (non-hydrogen) atoms. The van der Waals surface area contributed by atoms with E-state index < -0.39 is 5.41 Å². The molecule has 0 aliphatic carbocycles. The summed E-state index contributed by atoms with van der Waals surface area (Å²) in [7, 11) is 0. The molecular formula is C19H24ClN3O3. The number of ether oxygens (including phenoxy) is 1. The van der Waals surface area contributed by atoms with Gasteiger partial charge in [0.1, 0.15) is 0 Å². The summed E-state index contributed by atoms with van der Waals surface area (Å²) in [5.74, 6) is 0.142. The van der Waals surface area contributed by atoms with Gasteiger partial charge in [-0.1, -0.05) is 11.6 Å². The molecule has 3 aliphatic rings. The van der Waals surface area contributed by atoms with Crippen LogP contribution < -0.4 is 0 Å². The van der Waals surface area contributed by atoms with E-state index in [2.05, 4.69) is 9.88 Å². The molecule has 0 saturated carbocycles. The van der Waals surface area contributed by atoms with E-state index in [4.69, 9.17) is 16.3 Å². The zero-order valence-electron chi connectivity index (χ0n) is 14.8. The standard InChI is InChI=1S/C19H24ClN3O3/c20-15-10-14(11-21-12-15)17(24)22-7-5-19(13-22)4-1-6-23(18(19)25)16-2-8-26-9-3-16/h10-12,16H,1-9,13H2/t19-/m1/s1. The van der Waals surface area contributed by atoms with Crippen molar-refractivity contribution in [3.8, 4) is 0 Å². The fourth-order valence-corrected chi connectivity index (χ4v) is 4.76. The quantitative estimate of drug-likeness (QED) is 0.793. The van der Waals surface area contributed by atoms with Crippen LogP contribution in [0.4, 0.5) is 0 Å². The summed E-state index contributed by atoms with van der Waals surface area (Å²) in [5, 5.41) is 0.448. The molecule has 1 atom stereocenters. The molecule has 0 unspecified atom stereocenters. The van der Waals surface area contributed by atoms with Crippen molar-refractivity contribution < 1.29 is 14.3 Å². The lowest BCUT2D eigenvalue weighted by molar-refractivity contribution is -0.150. The Morgan fingerprint density at radius 2 is 2.04 bits per heavy atom. The van der Waals surface area contributed by atoms with E-state index in [1.807, 2.05) is 0 Å². The molecule has 4 heterocycles. The Morgan fingerprint density at radius 1 is 1.23 bits per heavy atom. The average molecular weight is 378 g/mol. The van der Waals surface area contributed by atoms with Crippen LogP contribution in [0.15, 0.2) is 18.5 Å². The third-order valence-electron chi connectivity index (χ3n) is 5.99. The highest BCUT2D eigenvalue weighted by molar-refractivity contribution is 6.30. The SMILES string of the molecule is O=C(c1cncc(Cl)c1)N1CC[C@]2(CCCN(C3CCOCC3)C2=O)C1. The topological polar surface area (TPSA) is 62.7 Å². The lowest BCUT2D eigenvalue weighted by atomic mass is 9.77. The van der Waals surface area contributed by atoms with Gasteiger partial charge >= 0.3 is 0 Å². The number of likely N-dealkylation sites (tertiary alicyclic amines) is 2. The Labute approximate surface area is 158 Å². The number of piperidine rings is 1. The second-order valence-corrected chi connectivity index (χ2v) is 8.03.